The van der Waals surface area contributed by atoms with Gasteiger partial charge < -0.3 is 14.2 Å². The van der Waals surface area contributed by atoms with Crippen molar-refractivity contribution >= 4 is 11.9 Å². The van der Waals surface area contributed by atoms with E-state index in [2.05, 4.69) is 87.6 Å². The maximum Gasteiger partial charge on any atom is 0.306 e. The Bertz CT molecular complexity index is 1110. The third-order valence-corrected chi connectivity index (χ3v) is 11.2. The molecule has 0 fully saturated rings. The van der Waals surface area contributed by atoms with E-state index in [4.69, 9.17) is 14.2 Å². The van der Waals surface area contributed by atoms with Crippen LogP contribution in [0.5, 0.6) is 0 Å². The van der Waals surface area contributed by atoms with E-state index < -0.39 is 6.10 Å². The predicted octanol–water partition coefficient (Wildman–Crippen LogP) is 17.9. The Balaban J connectivity index is 4.29. The van der Waals surface area contributed by atoms with Gasteiger partial charge in [0.2, 0.25) is 0 Å². The molecule has 1 atom stereocenters. The summed E-state index contributed by atoms with van der Waals surface area (Å²) in [6, 6.07) is 0. The molecule has 0 aliphatic heterocycles. The average Bonchev–Trinajstić information content (AvgIpc) is 3.27. The molecule has 358 valence electrons. The lowest BCUT2D eigenvalue weighted by Gasteiger charge is -2.18. The second-order valence-corrected chi connectivity index (χ2v) is 17.4. The zero-order valence-corrected chi connectivity index (χ0v) is 41.1. The topological polar surface area (TPSA) is 61.8 Å². The zero-order valence-electron chi connectivity index (χ0n) is 41.1. The first kappa shape index (κ1) is 59.3. The van der Waals surface area contributed by atoms with Gasteiger partial charge >= 0.3 is 11.9 Å². The maximum atomic E-state index is 12.8. The maximum absolute atomic E-state index is 12.8. The number of hydrogen-bond acceptors (Lipinski definition) is 5. The summed E-state index contributed by atoms with van der Waals surface area (Å²) >= 11 is 0. The van der Waals surface area contributed by atoms with Crippen molar-refractivity contribution in [1.29, 1.82) is 0 Å². The number of unbranched alkanes of at least 4 members (excludes halogenated alkanes) is 25. The largest absolute Gasteiger partial charge is 0.462 e. The fourth-order valence-corrected chi connectivity index (χ4v) is 7.28. The molecule has 0 aromatic heterocycles. The van der Waals surface area contributed by atoms with Gasteiger partial charge in [0, 0.05) is 19.4 Å². The summed E-state index contributed by atoms with van der Waals surface area (Å²) in [5, 5.41) is 0. The van der Waals surface area contributed by atoms with Crippen LogP contribution in [0.4, 0.5) is 0 Å². The van der Waals surface area contributed by atoms with Crippen LogP contribution in [-0.2, 0) is 23.8 Å². The van der Waals surface area contributed by atoms with E-state index in [1.165, 1.54) is 148 Å². The number of rotatable bonds is 48. The normalized spacial score (nSPS) is 12.8. The first-order valence-electron chi connectivity index (χ1n) is 26.5. The van der Waals surface area contributed by atoms with Gasteiger partial charge in [0.25, 0.3) is 0 Å². The highest BCUT2D eigenvalue weighted by molar-refractivity contribution is 5.70. The summed E-state index contributed by atoms with van der Waals surface area (Å²) in [7, 11) is 0. The van der Waals surface area contributed by atoms with Crippen LogP contribution in [0.2, 0.25) is 0 Å². The molecule has 5 nitrogen and oxygen atoms in total. The Labute approximate surface area is 385 Å². The molecule has 0 heterocycles. The Morgan fingerprint density at radius 3 is 1.24 bits per heavy atom. The van der Waals surface area contributed by atoms with Gasteiger partial charge in [-0.3, -0.25) is 9.59 Å². The molecule has 0 saturated carbocycles. The Hall–Kier alpha value is -2.66. The van der Waals surface area contributed by atoms with Gasteiger partial charge in [-0.25, -0.2) is 0 Å². The minimum Gasteiger partial charge on any atom is -0.462 e. The lowest BCUT2D eigenvalue weighted by Crippen LogP contribution is -2.30. The molecule has 0 saturated heterocycles. The van der Waals surface area contributed by atoms with Gasteiger partial charge in [0.05, 0.1) is 6.61 Å². The molecule has 0 bridgehead atoms. The highest BCUT2D eigenvalue weighted by Crippen LogP contribution is 2.14. The van der Waals surface area contributed by atoms with Gasteiger partial charge in [-0.2, -0.15) is 0 Å². The molecule has 1 unspecified atom stereocenters. The van der Waals surface area contributed by atoms with E-state index >= 15 is 0 Å². The van der Waals surface area contributed by atoms with Crippen LogP contribution in [0.3, 0.4) is 0 Å². The second kappa shape index (κ2) is 52.7. The van der Waals surface area contributed by atoms with Crippen molar-refractivity contribution in [2.75, 3.05) is 19.8 Å². The van der Waals surface area contributed by atoms with Crippen LogP contribution in [0.25, 0.3) is 0 Å². The summed E-state index contributed by atoms with van der Waals surface area (Å²) in [5.74, 6) is -0.498. The molecule has 0 aliphatic rings. The Morgan fingerprint density at radius 2 is 0.758 bits per heavy atom. The molecular formula is C57H100O5. The van der Waals surface area contributed by atoms with Gasteiger partial charge in [0.1, 0.15) is 6.61 Å². The number of hydrogen-bond donors (Lipinski definition) is 0. The Kier molecular flexibility index (Phi) is 50.4. The van der Waals surface area contributed by atoms with Crippen LogP contribution in [0, 0.1) is 0 Å². The quantitative estimate of drug-likeness (QED) is 0.0346. The van der Waals surface area contributed by atoms with Crippen molar-refractivity contribution in [2.24, 2.45) is 0 Å². The van der Waals surface area contributed by atoms with E-state index in [0.717, 1.165) is 64.2 Å². The standard InChI is InChI=1S/C57H100O5/c1-4-7-10-13-16-19-22-25-26-27-28-29-30-31-34-37-40-43-46-49-52-60-53-55(62-57(59)51-48-45-42-39-36-33-24-21-18-15-12-9-6-3)54-61-56(58)50-47-44-41-38-35-32-23-20-17-14-11-8-5-2/h8,11,17,20-21,24-26,32,35,41,44,55H,4-7,9-10,12-16,18-19,22-23,27-31,33-34,36-40,42-43,45-54H2,1-3H3/b11-8-,20-17-,24-21-,26-25-,35-32-,44-41-. The molecule has 0 N–H and O–H groups in total. The van der Waals surface area contributed by atoms with Crippen molar-refractivity contribution in [2.45, 2.75) is 258 Å². The molecular weight excluding hydrogens is 765 g/mol. The monoisotopic (exact) mass is 865 g/mol. The van der Waals surface area contributed by atoms with Crippen molar-refractivity contribution in [3.8, 4) is 0 Å². The summed E-state index contributed by atoms with van der Waals surface area (Å²) in [4.78, 5) is 25.3. The molecule has 0 aromatic carbocycles. The Morgan fingerprint density at radius 1 is 0.371 bits per heavy atom. The molecule has 0 spiro atoms. The van der Waals surface area contributed by atoms with Crippen LogP contribution >= 0.6 is 0 Å². The number of carbonyl (C=O) groups is 2. The first-order chi connectivity index (χ1) is 30.6. The van der Waals surface area contributed by atoms with Crippen LogP contribution < -0.4 is 0 Å². The number of carbonyl (C=O) groups excluding carboxylic acids is 2. The molecule has 0 amide bonds. The summed E-state index contributed by atoms with van der Waals surface area (Å²) < 4.78 is 17.3. The fourth-order valence-electron chi connectivity index (χ4n) is 7.28. The predicted molar refractivity (Wildman–Crippen MR) is 270 cm³/mol. The molecule has 0 radical (unpaired) electrons. The SMILES string of the molecule is CC/C=C\C/C=C\C/C=C\C/C=C\CCC(=O)OCC(COCCCCCCCCCCCC/C=C\CCCCCCCC)OC(=O)CCCCCCC/C=C\CCCCCC. The van der Waals surface area contributed by atoms with Gasteiger partial charge in [-0.05, 0) is 96.3 Å². The van der Waals surface area contributed by atoms with E-state index in [9.17, 15) is 9.59 Å². The minimum absolute atomic E-state index is 0.0425. The van der Waals surface area contributed by atoms with Gasteiger partial charge in [0.15, 0.2) is 6.10 Å². The summed E-state index contributed by atoms with van der Waals surface area (Å²) in [5.41, 5.74) is 0. The van der Waals surface area contributed by atoms with Crippen molar-refractivity contribution in [3.05, 3.63) is 72.9 Å². The second-order valence-electron chi connectivity index (χ2n) is 17.4. The molecule has 0 aliphatic carbocycles. The summed E-state index contributed by atoms with van der Waals surface area (Å²) in [6.07, 6.45) is 67.9. The van der Waals surface area contributed by atoms with E-state index in [1.807, 2.05) is 6.08 Å². The third kappa shape index (κ3) is 50.0. The van der Waals surface area contributed by atoms with Gasteiger partial charge in [-0.15, -0.1) is 0 Å². The van der Waals surface area contributed by atoms with E-state index in [1.54, 1.807) is 0 Å². The van der Waals surface area contributed by atoms with Crippen LogP contribution in [0.1, 0.15) is 252 Å². The summed E-state index contributed by atoms with van der Waals surface area (Å²) in [6.45, 7) is 7.62. The van der Waals surface area contributed by atoms with Crippen molar-refractivity contribution < 1.29 is 23.8 Å². The lowest BCUT2D eigenvalue weighted by molar-refractivity contribution is -0.162. The smallest absolute Gasteiger partial charge is 0.306 e. The van der Waals surface area contributed by atoms with Crippen LogP contribution in [-0.4, -0.2) is 37.9 Å². The molecule has 5 heteroatoms. The molecule has 62 heavy (non-hydrogen) atoms. The van der Waals surface area contributed by atoms with Gasteiger partial charge in [-0.1, -0.05) is 216 Å². The first-order valence-corrected chi connectivity index (χ1v) is 26.5. The number of allylic oxidation sites excluding steroid dienone is 12. The van der Waals surface area contributed by atoms with Crippen molar-refractivity contribution in [3.63, 3.8) is 0 Å². The lowest BCUT2D eigenvalue weighted by atomic mass is 10.1. The van der Waals surface area contributed by atoms with E-state index in [0.29, 0.717) is 25.9 Å². The van der Waals surface area contributed by atoms with E-state index in [-0.39, 0.29) is 25.2 Å². The van der Waals surface area contributed by atoms with Crippen molar-refractivity contribution in [1.82, 2.24) is 0 Å². The average molecular weight is 865 g/mol. The molecule has 0 rings (SSSR count). The highest BCUT2D eigenvalue weighted by atomic mass is 16.6. The highest BCUT2D eigenvalue weighted by Gasteiger charge is 2.17. The number of esters is 2. The minimum atomic E-state index is -0.571. The number of ether oxygens (including phenoxy) is 3. The molecule has 0 aromatic rings. The zero-order chi connectivity index (χ0) is 44.9. The fraction of sp³-hybridized carbons (Fsp3) is 0.754. The third-order valence-electron chi connectivity index (χ3n) is 11.2. The van der Waals surface area contributed by atoms with Crippen LogP contribution in [0.15, 0.2) is 72.9 Å².